The van der Waals surface area contributed by atoms with E-state index in [1.54, 1.807) is 6.07 Å². The summed E-state index contributed by atoms with van der Waals surface area (Å²) in [5, 5.41) is 12.8. The molecule has 1 aliphatic heterocycles. The van der Waals surface area contributed by atoms with Gasteiger partial charge in [0.25, 0.3) is 0 Å². The SMILES string of the molecule is N#Cc1c(F)cccc1N1CCCC(Nc2ccnc(C3CC3)n2)C1. The van der Waals surface area contributed by atoms with Crippen LogP contribution in [-0.4, -0.2) is 29.1 Å². The average molecular weight is 337 g/mol. The normalized spacial score (nSPS) is 20.2. The standard InChI is InChI=1S/C19H20FN5/c20-16-4-1-5-17(15(16)11-21)25-10-2-3-14(12-25)23-18-8-9-22-19(24-18)13-6-7-13/h1,4-5,8-9,13-14H,2-3,6-7,10,12H2,(H,22,23,24). The maximum absolute atomic E-state index is 13.9. The lowest BCUT2D eigenvalue weighted by Gasteiger charge is -2.35. The minimum Gasteiger partial charge on any atom is -0.368 e. The zero-order valence-electron chi connectivity index (χ0n) is 14.0. The molecule has 128 valence electrons. The molecule has 2 aliphatic rings. The Balaban J connectivity index is 1.49. The molecular formula is C19H20FN5. The molecule has 0 radical (unpaired) electrons. The molecule has 2 aromatic rings. The third-order valence-electron chi connectivity index (χ3n) is 4.83. The largest absolute Gasteiger partial charge is 0.368 e. The van der Waals surface area contributed by atoms with Crippen molar-refractivity contribution in [2.45, 2.75) is 37.6 Å². The third-order valence-corrected chi connectivity index (χ3v) is 4.83. The molecule has 2 heterocycles. The second kappa shape index (κ2) is 6.67. The minimum atomic E-state index is -0.458. The Morgan fingerprint density at radius 1 is 1.24 bits per heavy atom. The number of nitriles is 1. The van der Waals surface area contributed by atoms with E-state index in [9.17, 15) is 9.65 Å². The van der Waals surface area contributed by atoms with Gasteiger partial charge in [0.1, 0.15) is 29.1 Å². The number of nitrogens with one attached hydrogen (secondary N) is 1. The monoisotopic (exact) mass is 337 g/mol. The first-order valence-corrected chi connectivity index (χ1v) is 8.77. The molecule has 6 heteroatoms. The Bertz CT molecular complexity index is 812. The van der Waals surface area contributed by atoms with Gasteiger partial charge in [-0.2, -0.15) is 5.26 Å². The molecule has 1 saturated carbocycles. The molecule has 2 fully saturated rings. The van der Waals surface area contributed by atoms with Gasteiger partial charge in [-0.3, -0.25) is 0 Å². The van der Waals surface area contributed by atoms with Crippen LogP contribution in [-0.2, 0) is 0 Å². The highest BCUT2D eigenvalue weighted by molar-refractivity contribution is 5.60. The molecule has 1 atom stereocenters. The Morgan fingerprint density at radius 3 is 2.92 bits per heavy atom. The van der Waals surface area contributed by atoms with Crippen molar-refractivity contribution in [2.24, 2.45) is 0 Å². The number of hydrogen-bond donors (Lipinski definition) is 1. The summed E-state index contributed by atoms with van der Waals surface area (Å²) in [5.41, 5.74) is 0.802. The molecule has 1 saturated heterocycles. The van der Waals surface area contributed by atoms with Crippen molar-refractivity contribution < 1.29 is 4.39 Å². The van der Waals surface area contributed by atoms with Gasteiger partial charge in [0.15, 0.2) is 0 Å². The minimum absolute atomic E-state index is 0.126. The van der Waals surface area contributed by atoms with E-state index in [2.05, 4.69) is 20.2 Å². The van der Waals surface area contributed by atoms with Crippen LogP contribution in [0.15, 0.2) is 30.5 Å². The van der Waals surface area contributed by atoms with Gasteiger partial charge in [-0.15, -0.1) is 0 Å². The van der Waals surface area contributed by atoms with Crippen LogP contribution < -0.4 is 10.2 Å². The van der Waals surface area contributed by atoms with E-state index in [0.29, 0.717) is 11.6 Å². The summed E-state index contributed by atoms with van der Waals surface area (Å²) in [6.45, 7) is 1.55. The number of aromatic nitrogens is 2. The number of rotatable bonds is 4. The Hall–Kier alpha value is -2.68. The van der Waals surface area contributed by atoms with Crippen LogP contribution in [0.4, 0.5) is 15.9 Å². The summed E-state index contributed by atoms with van der Waals surface area (Å²) in [5.74, 6) is 1.84. The molecule has 0 spiro atoms. The smallest absolute Gasteiger partial charge is 0.143 e. The van der Waals surface area contributed by atoms with Crippen LogP contribution in [0.5, 0.6) is 0 Å². The van der Waals surface area contributed by atoms with Crippen molar-refractivity contribution >= 4 is 11.5 Å². The van der Waals surface area contributed by atoms with Crippen LogP contribution in [0, 0.1) is 17.1 Å². The van der Waals surface area contributed by atoms with Gasteiger partial charge in [-0.1, -0.05) is 6.07 Å². The zero-order valence-corrected chi connectivity index (χ0v) is 14.0. The van der Waals surface area contributed by atoms with Crippen LogP contribution >= 0.6 is 0 Å². The molecule has 25 heavy (non-hydrogen) atoms. The molecule has 1 aliphatic carbocycles. The lowest BCUT2D eigenvalue weighted by atomic mass is 10.0. The maximum atomic E-state index is 13.9. The second-order valence-corrected chi connectivity index (χ2v) is 6.75. The van der Waals surface area contributed by atoms with Crippen LogP contribution in [0.3, 0.4) is 0 Å². The molecule has 0 bridgehead atoms. The predicted octanol–water partition coefficient (Wildman–Crippen LogP) is 3.45. The molecule has 1 aromatic heterocycles. The van der Waals surface area contributed by atoms with Gasteiger partial charge in [-0.25, -0.2) is 14.4 Å². The summed E-state index contributed by atoms with van der Waals surface area (Å²) in [6.07, 6.45) is 6.17. The van der Waals surface area contributed by atoms with E-state index < -0.39 is 5.82 Å². The lowest BCUT2D eigenvalue weighted by Crippen LogP contribution is -2.42. The maximum Gasteiger partial charge on any atom is 0.143 e. The molecular weight excluding hydrogens is 317 g/mol. The van der Waals surface area contributed by atoms with Gasteiger partial charge in [0.2, 0.25) is 0 Å². The van der Waals surface area contributed by atoms with Gasteiger partial charge in [-0.05, 0) is 43.9 Å². The zero-order chi connectivity index (χ0) is 17.2. The van der Waals surface area contributed by atoms with Crippen molar-refractivity contribution in [3.8, 4) is 6.07 Å². The number of hydrogen-bond acceptors (Lipinski definition) is 5. The summed E-state index contributed by atoms with van der Waals surface area (Å²) in [7, 11) is 0. The van der Waals surface area contributed by atoms with Crippen molar-refractivity contribution in [3.05, 3.63) is 47.7 Å². The van der Waals surface area contributed by atoms with Crippen LogP contribution in [0.2, 0.25) is 0 Å². The van der Waals surface area contributed by atoms with E-state index >= 15 is 0 Å². The van der Waals surface area contributed by atoms with Gasteiger partial charge in [0, 0.05) is 31.2 Å². The predicted molar refractivity (Wildman–Crippen MR) is 94.0 cm³/mol. The summed E-state index contributed by atoms with van der Waals surface area (Å²) >= 11 is 0. The summed E-state index contributed by atoms with van der Waals surface area (Å²) < 4.78 is 13.9. The van der Waals surface area contributed by atoms with Crippen molar-refractivity contribution in [1.29, 1.82) is 5.26 Å². The first-order chi connectivity index (χ1) is 12.2. The average Bonchev–Trinajstić information content (AvgIpc) is 3.47. The first-order valence-electron chi connectivity index (χ1n) is 8.77. The topological polar surface area (TPSA) is 64.8 Å². The van der Waals surface area contributed by atoms with E-state index in [1.165, 1.54) is 18.9 Å². The van der Waals surface area contributed by atoms with E-state index in [1.807, 2.05) is 24.4 Å². The van der Waals surface area contributed by atoms with E-state index in [0.717, 1.165) is 37.6 Å². The lowest BCUT2D eigenvalue weighted by molar-refractivity contribution is 0.526. The van der Waals surface area contributed by atoms with Gasteiger partial charge < -0.3 is 10.2 Å². The summed E-state index contributed by atoms with van der Waals surface area (Å²) in [6, 6.07) is 8.92. The van der Waals surface area contributed by atoms with Gasteiger partial charge >= 0.3 is 0 Å². The number of anilines is 2. The molecule has 0 amide bonds. The van der Waals surface area contributed by atoms with Crippen LogP contribution in [0.1, 0.15) is 43.0 Å². The molecule has 5 nitrogen and oxygen atoms in total. The fraction of sp³-hybridized carbons (Fsp3) is 0.421. The van der Waals surface area contributed by atoms with Crippen molar-refractivity contribution in [3.63, 3.8) is 0 Å². The molecule has 1 unspecified atom stereocenters. The fourth-order valence-electron chi connectivity index (χ4n) is 3.40. The Kier molecular flexibility index (Phi) is 4.22. The molecule has 1 N–H and O–H groups in total. The number of halogens is 1. The number of benzene rings is 1. The second-order valence-electron chi connectivity index (χ2n) is 6.75. The first kappa shape index (κ1) is 15.8. The number of nitrogens with zero attached hydrogens (tertiary/aromatic N) is 4. The van der Waals surface area contributed by atoms with E-state index in [4.69, 9.17) is 0 Å². The fourth-order valence-corrected chi connectivity index (χ4v) is 3.40. The van der Waals surface area contributed by atoms with Gasteiger partial charge in [0.05, 0.1) is 5.69 Å². The Labute approximate surface area is 146 Å². The number of piperidine rings is 1. The molecule has 1 aromatic carbocycles. The third kappa shape index (κ3) is 3.41. The summed E-state index contributed by atoms with van der Waals surface area (Å²) in [4.78, 5) is 11.1. The van der Waals surface area contributed by atoms with Crippen LogP contribution in [0.25, 0.3) is 0 Å². The van der Waals surface area contributed by atoms with Crippen molar-refractivity contribution in [1.82, 2.24) is 9.97 Å². The van der Waals surface area contributed by atoms with E-state index in [-0.39, 0.29) is 11.6 Å². The quantitative estimate of drug-likeness (QED) is 0.926. The highest BCUT2D eigenvalue weighted by atomic mass is 19.1. The highest BCUT2D eigenvalue weighted by Crippen LogP contribution is 2.38. The van der Waals surface area contributed by atoms with Crippen molar-refractivity contribution in [2.75, 3.05) is 23.3 Å². The Morgan fingerprint density at radius 2 is 2.12 bits per heavy atom. The molecule has 4 rings (SSSR count). The highest BCUT2D eigenvalue weighted by Gasteiger charge is 2.27.